The lowest BCUT2D eigenvalue weighted by molar-refractivity contribution is 1.01. The first kappa shape index (κ1) is 6.75. The molecule has 0 spiro atoms. The Bertz CT molecular complexity index is 448. The molecule has 0 aliphatic rings. The second-order valence-corrected chi connectivity index (χ2v) is 3.46. The summed E-state index contributed by atoms with van der Waals surface area (Å²) >= 11 is 6.73. The van der Waals surface area contributed by atoms with Crippen molar-refractivity contribution < 1.29 is 0 Å². The van der Waals surface area contributed by atoms with E-state index in [-0.39, 0.29) is 5.56 Å². The maximum Gasteiger partial charge on any atom is 0.283 e. The van der Waals surface area contributed by atoms with Gasteiger partial charge in [-0.2, -0.15) is 5.10 Å². The van der Waals surface area contributed by atoms with Crippen LogP contribution in [0.4, 0.5) is 0 Å². The maximum atomic E-state index is 11.0. The minimum absolute atomic E-state index is 0.244. The van der Waals surface area contributed by atoms with Crippen molar-refractivity contribution >= 4 is 33.2 Å². The highest BCUT2D eigenvalue weighted by molar-refractivity contribution is 7.22. The van der Waals surface area contributed by atoms with E-state index in [1.54, 1.807) is 0 Å². The summed E-state index contributed by atoms with van der Waals surface area (Å²) in [7, 11) is 0. The van der Waals surface area contributed by atoms with Gasteiger partial charge in [0.25, 0.3) is 5.56 Å². The highest BCUT2D eigenvalue weighted by atomic mass is 35.5. The monoisotopic (exact) mass is 187 g/mol. The third kappa shape index (κ3) is 1.02. The van der Waals surface area contributed by atoms with Crippen LogP contribution in [0.3, 0.4) is 0 Å². The van der Waals surface area contributed by atoms with Crippen LogP contribution >= 0.6 is 22.9 Å². The van der Waals surface area contributed by atoms with Crippen molar-refractivity contribution in [3.05, 3.63) is 21.0 Å². The zero-order valence-corrected chi connectivity index (χ0v) is 6.74. The Hall–Kier alpha value is -0.940. The Morgan fingerprint density at radius 3 is 3.18 bits per heavy atom. The first-order chi connectivity index (χ1) is 5.27. The van der Waals surface area contributed by atoms with Gasteiger partial charge in [0.2, 0.25) is 0 Å². The van der Waals surface area contributed by atoms with Crippen LogP contribution < -0.4 is 5.56 Å². The van der Waals surface area contributed by atoms with E-state index in [0.29, 0.717) is 14.7 Å². The van der Waals surface area contributed by atoms with Crippen molar-refractivity contribution in [2.75, 3.05) is 0 Å². The van der Waals surface area contributed by atoms with Gasteiger partial charge in [-0.15, -0.1) is 0 Å². The van der Waals surface area contributed by atoms with Gasteiger partial charge in [0, 0.05) is 0 Å². The first-order valence-corrected chi connectivity index (χ1v) is 3.96. The largest absolute Gasteiger partial charge is 0.283 e. The quantitative estimate of drug-likeness (QED) is 0.670. The fraction of sp³-hybridized carbons (Fsp3) is 0. The SMILES string of the molecule is O=c1[nH]ncc2nc(Cl)sc12. The molecule has 4 nitrogen and oxygen atoms in total. The maximum absolute atomic E-state index is 11.0. The van der Waals surface area contributed by atoms with Gasteiger partial charge >= 0.3 is 0 Å². The van der Waals surface area contributed by atoms with Gasteiger partial charge in [0.1, 0.15) is 10.2 Å². The molecule has 0 aromatic carbocycles. The molecule has 0 atom stereocenters. The smallest absolute Gasteiger partial charge is 0.266 e. The summed E-state index contributed by atoms with van der Waals surface area (Å²) in [4.78, 5) is 14.9. The highest BCUT2D eigenvalue weighted by Gasteiger charge is 2.03. The number of halogens is 1. The number of rotatable bonds is 0. The Morgan fingerprint density at radius 1 is 1.64 bits per heavy atom. The Balaban J connectivity index is 3.02. The third-order valence-corrected chi connectivity index (χ3v) is 2.36. The predicted octanol–water partition coefficient (Wildman–Crippen LogP) is 1.03. The van der Waals surface area contributed by atoms with Crippen LogP contribution in [0, 0.1) is 0 Å². The van der Waals surface area contributed by atoms with Crippen molar-refractivity contribution in [2.24, 2.45) is 0 Å². The second kappa shape index (κ2) is 2.28. The van der Waals surface area contributed by atoms with Gasteiger partial charge < -0.3 is 0 Å². The number of aromatic amines is 1. The van der Waals surface area contributed by atoms with E-state index in [2.05, 4.69) is 15.2 Å². The van der Waals surface area contributed by atoms with Crippen LogP contribution in [-0.4, -0.2) is 15.2 Å². The summed E-state index contributed by atoms with van der Waals surface area (Å²) in [5.41, 5.74) is 0.302. The Labute approximate surface area is 69.8 Å². The molecule has 0 fully saturated rings. The van der Waals surface area contributed by atoms with Gasteiger partial charge in [-0.3, -0.25) is 4.79 Å². The lowest BCUT2D eigenvalue weighted by Gasteiger charge is -1.80. The minimum Gasteiger partial charge on any atom is -0.266 e. The van der Waals surface area contributed by atoms with E-state index in [9.17, 15) is 4.79 Å². The molecular weight excluding hydrogens is 186 g/mol. The molecule has 0 saturated carbocycles. The second-order valence-electron chi connectivity index (χ2n) is 1.88. The van der Waals surface area contributed by atoms with Crippen LogP contribution in [0.15, 0.2) is 11.0 Å². The molecule has 56 valence electrons. The molecule has 0 radical (unpaired) electrons. The molecule has 2 aromatic rings. The van der Waals surface area contributed by atoms with Crippen LogP contribution in [0.5, 0.6) is 0 Å². The molecule has 0 aliphatic carbocycles. The summed E-state index contributed by atoms with van der Waals surface area (Å²) in [5, 5.41) is 5.87. The number of thiazole rings is 1. The number of nitrogens with zero attached hydrogens (tertiary/aromatic N) is 2. The average molecular weight is 188 g/mol. The van der Waals surface area contributed by atoms with E-state index in [4.69, 9.17) is 11.6 Å². The normalized spacial score (nSPS) is 10.6. The standard InChI is InChI=1S/C5H2ClN3OS/c6-5-8-2-1-7-9-4(10)3(2)11-5/h1H,(H,9,10). The number of aromatic nitrogens is 3. The molecule has 2 aromatic heterocycles. The van der Waals surface area contributed by atoms with Crippen molar-refractivity contribution in [1.82, 2.24) is 15.2 Å². The Morgan fingerprint density at radius 2 is 2.45 bits per heavy atom. The lowest BCUT2D eigenvalue weighted by Crippen LogP contribution is -2.04. The minimum atomic E-state index is -0.244. The van der Waals surface area contributed by atoms with Crippen molar-refractivity contribution in [3.63, 3.8) is 0 Å². The molecule has 0 bridgehead atoms. The van der Waals surface area contributed by atoms with Crippen LogP contribution in [0.1, 0.15) is 0 Å². The van der Waals surface area contributed by atoms with E-state index in [1.807, 2.05) is 0 Å². The molecular formula is C5H2ClN3OS. The molecule has 6 heteroatoms. The van der Waals surface area contributed by atoms with E-state index in [1.165, 1.54) is 6.20 Å². The van der Waals surface area contributed by atoms with Gasteiger partial charge in [0.05, 0.1) is 6.20 Å². The summed E-state index contributed by atoms with van der Waals surface area (Å²) in [6.45, 7) is 0. The molecule has 2 heterocycles. The average Bonchev–Trinajstić information content (AvgIpc) is 2.31. The zero-order chi connectivity index (χ0) is 7.84. The van der Waals surface area contributed by atoms with Gasteiger partial charge in [-0.25, -0.2) is 10.1 Å². The molecule has 1 N–H and O–H groups in total. The topological polar surface area (TPSA) is 58.6 Å². The summed E-state index contributed by atoms with van der Waals surface area (Å²) in [5.74, 6) is 0. The summed E-state index contributed by atoms with van der Waals surface area (Å²) in [6, 6.07) is 0. The predicted molar refractivity (Wildman–Crippen MR) is 43.0 cm³/mol. The fourth-order valence-corrected chi connectivity index (χ4v) is 1.73. The molecule has 0 saturated heterocycles. The van der Waals surface area contributed by atoms with Gasteiger partial charge in [0.15, 0.2) is 4.47 Å². The molecule has 11 heavy (non-hydrogen) atoms. The Kier molecular flexibility index (Phi) is 1.40. The van der Waals surface area contributed by atoms with Gasteiger partial charge in [-0.05, 0) is 0 Å². The summed E-state index contributed by atoms with van der Waals surface area (Å²) in [6.07, 6.45) is 1.47. The molecule has 0 amide bonds. The van der Waals surface area contributed by atoms with E-state index < -0.39 is 0 Å². The number of nitrogens with one attached hydrogen (secondary N) is 1. The fourth-order valence-electron chi connectivity index (χ4n) is 0.758. The number of hydrogen-bond acceptors (Lipinski definition) is 4. The number of fused-ring (bicyclic) bond motifs is 1. The first-order valence-electron chi connectivity index (χ1n) is 2.77. The van der Waals surface area contributed by atoms with E-state index >= 15 is 0 Å². The molecule has 0 unspecified atom stereocenters. The number of hydrogen-bond donors (Lipinski definition) is 1. The van der Waals surface area contributed by atoms with Crippen molar-refractivity contribution in [3.8, 4) is 0 Å². The summed E-state index contributed by atoms with van der Waals surface area (Å²) < 4.78 is 0.878. The van der Waals surface area contributed by atoms with Gasteiger partial charge in [-0.1, -0.05) is 22.9 Å². The zero-order valence-electron chi connectivity index (χ0n) is 5.17. The third-order valence-electron chi connectivity index (χ3n) is 1.19. The van der Waals surface area contributed by atoms with Crippen LogP contribution in [0.2, 0.25) is 4.47 Å². The number of H-pyrrole nitrogens is 1. The highest BCUT2D eigenvalue weighted by Crippen LogP contribution is 2.20. The van der Waals surface area contributed by atoms with Crippen LogP contribution in [0.25, 0.3) is 10.2 Å². The molecule has 2 rings (SSSR count). The van der Waals surface area contributed by atoms with Crippen molar-refractivity contribution in [2.45, 2.75) is 0 Å². The van der Waals surface area contributed by atoms with E-state index in [0.717, 1.165) is 11.3 Å². The lowest BCUT2D eigenvalue weighted by atomic mass is 10.5. The van der Waals surface area contributed by atoms with Crippen molar-refractivity contribution in [1.29, 1.82) is 0 Å². The molecule has 0 aliphatic heterocycles. The van der Waals surface area contributed by atoms with Crippen LogP contribution in [-0.2, 0) is 0 Å².